The van der Waals surface area contributed by atoms with Crippen LogP contribution >= 0.6 is 0 Å². The van der Waals surface area contributed by atoms with Crippen LogP contribution in [-0.2, 0) is 6.42 Å². The van der Waals surface area contributed by atoms with Crippen LogP contribution in [0.4, 0.5) is 0 Å². The fourth-order valence-corrected chi connectivity index (χ4v) is 3.33. The number of amides is 1. The number of piperidine rings is 1. The van der Waals surface area contributed by atoms with Gasteiger partial charge in [0.15, 0.2) is 0 Å². The summed E-state index contributed by atoms with van der Waals surface area (Å²) in [5.74, 6) is 1.89. The van der Waals surface area contributed by atoms with Gasteiger partial charge in [0.05, 0.1) is 12.3 Å². The van der Waals surface area contributed by atoms with Crippen LogP contribution in [0.25, 0.3) is 0 Å². The highest BCUT2D eigenvalue weighted by Gasteiger charge is 2.29. The van der Waals surface area contributed by atoms with Crippen LogP contribution in [0.1, 0.15) is 47.1 Å². The topological polar surface area (TPSA) is 55.6 Å². The summed E-state index contributed by atoms with van der Waals surface area (Å²) in [7, 11) is 0. The Morgan fingerprint density at radius 1 is 1.32 bits per heavy atom. The van der Waals surface area contributed by atoms with Crippen molar-refractivity contribution in [3.05, 3.63) is 46.8 Å². The first kappa shape index (κ1) is 17.5. The molecule has 1 aliphatic rings. The van der Waals surface area contributed by atoms with E-state index in [2.05, 4.69) is 12.1 Å². The summed E-state index contributed by atoms with van der Waals surface area (Å²) in [5.41, 5.74) is 2.61. The molecule has 1 fully saturated rings. The molecule has 0 saturated carbocycles. The van der Waals surface area contributed by atoms with E-state index in [4.69, 9.17) is 9.26 Å². The number of carbonyl (C=O) groups excluding carboxylic acids is 1. The second-order valence-electron chi connectivity index (χ2n) is 6.80. The third kappa shape index (κ3) is 4.03. The summed E-state index contributed by atoms with van der Waals surface area (Å²) in [6.07, 6.45) is 2.78. The van der Waals surface area contributed by atoms with Crippen molar-refractivity contribution in [1.82, 2.24) is 10.1 Å². The maximum atomic E-state index is 12.9. The number of rotatable bonds is 5. The van der Waals surface area contributed by atoms with E-state index >= 15 is 0 Å². The molecule has 2 aromatic rings. The fourth-order valence-electron chi connectivity index (χ4n) is 3.33. The van der Waals surface area contributed by atoms with Crippen molar-refractivity contribution in [2.45, 2.75) is 40.0 Å². The monoisotopic (exact) mass is 342 g/mol. The number of aryl methyl sites for hydroxylation is 3. The standard InChI is InChI=1S/C20H26N2O3/c1-4-18-19(15(3)25-21-18)20(23)22-11-5-6-16(12-22)13-24-17-9-7-14(2)8-10-17/h7-10,16H,4-6,11-13H2,1-3H3/t16-/m1/s1. The molecule has 0 spiro atoms. The van der Waals surface area contributed by atoms with Gasteiger partial charge in [-0.05, 0) is 45.2 Å². The van der Waals surface area contributed by atoms with Crippen LogP contribution in [0.15, 0.2) is 28.8 Å². The Morgan fingerprint density at radius 2 is 2.08 bits per heavy atom. The highest BCUT2D eigenvalue weighted by atomic mass is 16.5. The molecule has 0 unspecified atom stereocenters. The zero-order valence-corrected chi connectivity index (χ0v) is 15.2. The van der Waals surface area contributed by atoms with Gasteiger partial charge in [-0.15, -0.1) is 0 Å². The number of ether oxygens (including phenoxy) is 1. The molecule has 1 aromatic heterocycles. The lowest BCUT2D eigenvalue weighted by molar-refractivity contribution is 0.0630. The highest BCUT2D eigenvalue weighted by Crippen LogP contribution is 2.23. The molecule has 0 bridgehead atoms. The smallest absolute Gasteiger partial charge is 0.259 e. The molecule has 5 heteroatoms. The van der Waals surface area contributed by atoms with Crippen LogP contribution in [0.3, 0.4) is 0 Å². The number of carbonyl (C=O) groups is 1. The summed E-state index contributed by atoms with van der Waals surface area (Å²) in [4.78, 5) is 14.8. The van der Waals surface area contributed by atoms with Crippen LogP contribution in [0, 0.1) is 19.8 Å². The number of likely N-dealkylation sites (tertiary alicyclic amines) is 1. The van der Waals surface area contributed by atoms with Crippen LogP contribution in [-0.4, -0.2) is 35.7 Å². The minimum absolute atomic E-state index is 0.0376. The van der Waals surface area contributed by atoms with E-state index < -0.39 is 0 Å². The Kier molecular flexibility index (Phi) is 5.41. The normalized spacial score (nSPS) is 17.6. The Hall–Kier alpha value is -2.30. The van der Waals surface area contributed by atoms with Gasteiger partial charge in [-0.1, -0.05) is 29.8 Å². The maximum Gasteiger partial charge on any atom is 0.259 e. The lowest BCUT2D eigenvalue weighted by atomic mass is 9.98. The van der Waals surface area contributed by atoms with E-state index in [0.717, 1.165) is 37.4 Å². The van der Waals surface area contributed by atoms with E-state index in [0.29, 0.717) is 30.3 Å². The van der Waals surface area contributed by atoms with Gasteiger partial charge in [0.2, 0.25) is 0 Å². The molecule has 3 rings (SSSR count). The average Bonchev–Trinajstić information content (AvgIpc) is 3.01. The first-order valence-corrected chi connectivity index (χ1v) is 9.02. The lowest BCUT2D eigenvalue weighted by Gasteiger charge is -2.32. The molecule has 25 heavy (non-hydrogen) atoms. The number of hydrogen-bond acceptors (Lipinski definition) is 4. The Labute approximate surface area is 148 Å². The van der Waals surface area contributed by atoms with Gasteiger partial charge in [-0.3, -0.25) is 4.79 Å². The molecule has 1 saturated heterocycles. The summed E-state index contributed by atoms with van der Waals surface area (Å²) in [6.45, 7) is 8.00. The molecule has 134 valence electrons. The largest absolute Gasteiger partial charge is 0.493 e. The quantitative estimate of drug-likeness (QED) is 0.830. The zero-order valence-electron chi connectivity index (χ0n) is 15.2. The number of nitrogens with zero attached hydrogens (tertiary/aromatic N) is 2. The summed E-state index contributed by atoms with van der Waals surface area (Å²) in [6, 6.07) is 8.09. The van der Waals surface area contributed by atoms with Crippen LogP contribution < -0.4 is 4.74 Å². The van der Waals surface area contributed by atoms with Crippen LogP contribution in [0.5, 0.6) is 5.75 Å². The van der Waals surface area contributed by atoms with Gasteiger partial charge in [-0.2, -0.15) is 0 Å². The number of benzene rings is 1. The minimum atomic E-state index is 0.0376. The summed E-state index contributed by atoms with van der Waals surface area (Å²) < 4.78 is 11.1. The SMILES string of the molecule is CCc1noc(C)c1C(=O)N1CCC[C@@H](COc2ccc(C)cc2)C1. The van der Waals surface area contributed by atoms with Crippen molar-refractivity contribution in [1.29, 1.82) is 0 Å². The molecular weight excluding hydrogens is 316 g/mol. The predicted octanol–water partition coefficient (Wildman–Crippen LogP) is 3.79. The second-order valence-corrected chi connectivity index (χ2v) is 6.80. The van der Waals surface area contributed by atoms with Gasteiger partial charge in [0.25, 0.3) is 5.91 Å². The van der Waals surface area contributed by atoms with Crippen molar-refractivity contribution in [2.24, 2.45) is 5.92 Å². The Bertz CT molecular complexity index is 721. The minimum Gasteiger partial charge on any atom is -0.493 e. The molecule has 1 aromatic carbocycles. The van der Waals surface area contributed by atoms with Gasteiger partial charge >= 0.3 is 0 Å². The van der Waals surface area contributed by atoms with Gasteiger partial charge in [-0.25, -0.2) is 0 Å². The third-order valence-corrected chi connectivity index (χ3v) is 4.80. The van der Waals surface area contributed by atoms with Gasteiger partial charge in [0, 0.05) is 19.0 Å². The zero-order chi connectivity index (χ0) is 17.8. The van der Waals surface area contributed by atoms with Crippen molar-refractivity contribution < 1.29 is 14.1 Å². The van der Waals surface area contributed by atoms with E-state index in [1.165, 1.54) is 5.56 Å². The Balaban J connectivity index is 1.61. The molecule has 0 radical (unpaired) electrons. The first-order chi connectivity index (χ1) is 12.1. The number of hydrogen-bond donors (Lipinski definition) is 0. The van der Waals surface area contributed by atoms with Gasteiger partial charge in [0.1, 0.15) is 17.1 Å². The molecule has 1 atom stereocenters. The van der Waals surface area contributed by atoms with Gasteiger partial charge < -0.3 is 14.2 Å². The highest BCUT2D eigenvalue weighted by molar-refractivity contribution is 5.96. The van der Waals surface area contributed by atoms with E-state index in [1.807, 2.05) is 36.1 Å². The van der Waals surface area contributed by atoms with Crippen molar-refractivity contribution in [3.8, 4) is 5.75 Å². The molecule has 1 amide bonds. The maximum absolute atomic E-state index is 12.9. The average molecular weight is 342 g/mol. The summed E-state index contributed by atoms with van der Waals surface area (Å²) in [5, 5.41) is 4.01. The summed E-state index contributed by atoms with van der Waals surface area (Å²) >= 11 is 0. The van der Waals surface area contributed by atoms with Crippen molar-refractivity contribution in [3.63, 3.8) is 0 Å². The second kappa shape index (κ2) is 7.72. The van der Waals surface area contributed by atoms with Crippen molar-refractivity contribution in [2.75, 3.05) is 19.7 Å². The van der Waals surface area contributed by atoms with E-state index in [9.17, 15) is 4.79 Å². The van der Waals surface area contributed by atoms with Crippen molar-refractivity contribution >= 4 is 5.91 Å². The molecular formula is C20H26N2O3. The number of aromatic nitrogens is 1. The van der Waals surface area contributed by atoms with Crippen LogP contribution in [0.2, 0.25) is 0 Å². The molecule has 0 N–H and O–H groups in total. The third-order valence-electron chi connectivity index (χ3n) is 4.80. The molecule has 5 nitrogen and oxygen atoms in total. The van der Waals surface area contributed by atoms with E-state index in [1.54, 1.807) is 6.92 Å². The predicted molar refractivity (Wildman–Crippen MR) is 95.9 cm³/mol. The molecule has 0 aliphatic carbocycles. The Morgan fingerprint density at radius 3 is 2.80 bits per heavy atom. The molecule has 1 aliphatic heterocycles. The first-order valence-electron chi connectivity index (χ1n) is 9.02. The van der Waals surface area contributed by atoms with E-state index in [-0.39, 0.29) is 5.91 Å². The lowest BCUT2D eigenvalue weighted by Crippen LogP contribution is -2.42. The molecule has 2 heterocycles. The fraction of sp³-hybridized carbons (Fsp3) is 0.500.